The zero-order valence-corrected chi connectivity index (χ0v) is 7.58. The highest BCUT2D eigenvalue weighted by Crippen LogP contribution is 2.51. The van der Waals surface area contributed by atoms with Crippen molar-refractivity contribution in [2.24, 2.45) is 5.41 Å². The molecule has 0 unspecified atom stereocenters. The van der Waals surface area contributed by atoms with Crippen LogP contribution < -0.4 is 0 Å². The molecule has 2 rings (SSSR count). The molecule has 0 amide bonds. The van der Waals surface area contributed by atoms with Gasteiger partial charge in [0.25, 0.3) is 0 Å². The van der Waals surface area contributed by atoms with Gasteiger partial charge in [-0.1, -0.05) is 0 Å². The second-order valence-corrected chi connectivity index (χ2v) is 4.01. The van der Waals surface area contributed by atoms with Crippen molar-refractivity contribution in [2.75, 3.05) is 6.61 Å². The van der Waals surface area contributed by atoms with Gasteiger partial charge in [-0.25, -0.2) is 0 Å². The minimum absolute atomic E-state index is 0.424. The van der Waals surface area contributed by atoms with Crippen LogP contribution in [0.4, 0.5) is 0 Å². The highest BCUT2D eigenvalue weighted by Gasteiger charge is 2.50. The molecule has 2 aliphatic rings. The number of ether oxygens (including phenoxy) is 1. The first-order valence-electron chi connectivity index (χ1n) is 4.76. The molecule has 1 aliphatic heterocycles. The lowest BCUT2D eigenvalue weighted by atomic mass is 9.94. The summed E-state index contributed by atoms with van der Waals surface area (Å²) in [4.78, 5) is 10.9. The Morgan fingerprint density at radius 3 is 2.85 bits per heavy atom. The van der Waals surface area contributed by atoms with Crippen LogP contribution in [0.25, 0.3) is 0 Å². The number of rotatable bonds is 3. The lowest BCUT2D eigenvalue weighted by Gasteiger charge is -2.16. The lowest BCUT2D eigenvalue weighted by molar-refractivity contribution is -0.143. The second-order valence-electron chi connectivity index (χ2n) is 4.01. The summed E-state index contributed by atoms with van der Waals surface area (Å²) >= 11 is 0. The first-order chi connectivity index (χ1) is 6.23. The van der Waals surface area contributed by atoms with Crippen molar-refractivity contribution in [3.05, 3.63) is 11.8 Å². The Kier molecular flexibility index (Phi) is 2.02. The predicted octanol–water partition coefficient (Wildman–Crippen LogP) is 1.94. The number of carbonyl (C=O) groups is 1. The third kappa shape index (κ3) is 1.69. The Morgan fingerprint density at radius 1 is 1.62 bits per heavy atom. The quantitative estimate of drug-likeness (QED) is 0.725. The summed E-state index contributed by atoms with van der Waals surface area (Å²) in [6, 6.07) is 0. The van der Waals surface area contributed by atoms with Crippen molar-refractivity contribution in [1.82, 2.24) is 0 Å². The molecule has 0 radical (unpaired) electrons. The third-order valence-electron chi connectivity index (χ3n) is 2.88. The Morgan fingerprint density at radius 2 is 2.38 bits per heavy atom. The number of hydrogen-bond donors (Lipinski definition) is 1. The van der Waals surface area contributed by atoms with E-state index in [0.717, 1.165) is 32.3 Å². The van der Waals surface area contributed by atoms with Crippen molar-refractivity contribution < 1.29 is 14.6 Å². The maximum atomic E-state index is 10.9. The topological polar surface area (TPSA) is 46.5 Å². The SMILES string of the molecule is O=C(O)C1(CC2=COCCC2)CC1. The van der Waals surface area contributed by atoms with E-state index in [0.29, 0.717) is 6.42 Å². The van der Waals surface area contributed by atoms with Crippen LogP contribution in [0.5, 0.6) is 0 Å². The van der Waals surface area contributed by atoms with E-state index in [2.05, 4.69) is 0 Å². The van der Waals surface area contributed by atoms with Crippen molar-refractivity contribution in [3.63, 3.8) is 0 Å². The van der Waals surface area contributed by atoms with E-state index in [9.17, 15) is 4.79 Å². The van der Waals surface area contributed by atoms with Gasteiger partial charge in [0.2, 0.25) is 0 Å². The van der Waals surface area contributed by atoms with E-state index in [1.807, 2.05) is 0 Å². The van der Waals surface area contributed by atoms with E-state index in [-0.39, 0.29) is 0 Å². The lowest BCUT2D eigenvalue weighted by Crippen LogP contribution is -2.16. The first kappa shape index (κ1) is 8.60. The number of carboxylic acids is 1. The van der Waals surface area contributed by atoms with Gasteiger partial charge in [-0.3, -0.25) is 4.79 Å². The van der Waals surface area contributed by atoms with Crippen LogP contribution in [0.15, 0.2) is 11.8 Å². The molecule has 0 spiro atoms. The van der Waals surface area contributed by atoms with Crippen LogP contribution in [-0.2, 0) is 9.53 Å². The minimum Gasteiger partial charge on any atom is -0.501 e. The van der Waals surface area contributed by atoms with Gasteiger partial charge < -0.3 is 9.84 Å². The van der Waals surface area contributed by atoms with E-state index >= 15 is 0 Å². The fourth-order valence-corrected chi connectivity index (χ4v) is 1.80. The molecule has 3 nitrogen and oxygen atoms in total. The van der Waals surface area contributed by atoms with Crippen LogP contribution in [0.1, 0.15) is 32.1 Å². The van der Waals surface area contributed by atoms with Crippen LogP contribution in [0.3, 0.4) is 0 Å². The van der Waals surface area contributed by atoms with Gasteiger partial charge in [-0.2, -0.15) is 0 Å². The van der Waals surface area contributed by atoms with Gasteiger partial charge >= 0.3 is 5.97 Å². The second kappa shape index (κ2) is 3.05. The molecule has 0 aromatic carbocycles. The molecule has 0 bridgehead atoms. The minimum atomic E-state index is -0.640. The summed E-state index contributed by atoms with van der Waals surface area (Å²) in [6.07, 6.45) is 6.16. The molecular formula is C10H14O3. The first-order valence-corrected chi connectivity index (χ1v) is 4.76. The number of allylic oxidation sites excluding steroid dienone is 1. The number of carboxylic acid groups (broad SMARTS) is 1. The molecule has 72 valence electrons. The zero-order chi connectivity index (χ0) is 9.31. The predicted molar refractivity (Wildman–Crippen MR) is 47.2 cm³/mol. The monoisotopic (exact) mass is 182 g/mol. The molecule has 1 saturated carbocycles. The van der Waals surface area contributed by atoms with Gasteiger partial charge in [0, 0.05) is 0 Å². The van der Waals surface area contributed by atoms with E-state index < -0.39 is 11.4 Å². The molecule has 3 heteroatoms. The van der Waals surface area contributed by atoms with Gasteiger partial charge in [0.05, 0.1) is 18.3 Å². The number of hydrogen-bond acceptors (Lipinski definition) is 2. The van der Waals surface area contributed by atoms with Crippen LogP contribution in [-0.4, -0.2) is 17.7 Å². The fraction of sp³-hybridized carbons (Fsp3) is 0.700. The van der Waals surface area contributed by atoms with Gasteiger partial charge in [0.15, 0.2) is 0 Å². The highest BCUT2D eigenvalue weighted by molar-refractivity contribution is 5.78. The van der Waals surface area contributed by atoms with Gasteiger partial charge in [-0.15, -0.1) is 0 Å². The largest absolute Gasteiger partial charge is 0.501 e. The normalized spacial score (nSPS) is 24.5. The molecule has 1 fully saturated rings. The van der Waals surface area contributed by atoms with E-state index in [4.69, 9.17) is 9.84 Å². The van der Waals surface area contributed by atoms with E-state index in [1.54, 1.807) is 6.26 Å². The Labute approximate surface area is 77.4 Å². The fourth-order valence-electron chi connectivity index (χ4n) is 1.80. The summed E-state index contributed by atoms with van der Waals surface area (Å²) in [5.41, 5.74) is 0.748. The highest BCUT2D eigenvalue weighted by atomic mass is 16.5. The molecule has 0 atom stereocenters. The van der Waals surface area contributed by atoms with Gasteiger partial charge in [0.1, 0.15) is 0 Å². The standard InChI is InChI=1S/C10H14O3/c11-9(12)10(3-4-10)6-8-2-1-5-13-7-8/h7H,1-6H2,(H,11,12). The Balaban J connectivity index is 1.97. The molecule has 1 heterocycles. The average Bonchev–Trinajstić information content (AvgIpc) is 2.87. The van der Waals surface area contributed by atoms with Crippen LogP contribution in [0.2, 0.25) is 0 Å². The summed E-state index contributed by atoms with van der Waals surface area (Å²) in [6.45, 7) is 0.781. The molecule has 0 saturated heterocycles. The van der Waals surface area contributed by atoms with Crippen molar-refractivity contribution in [1.29, 1.82) is 0 Å². The van der Waals surface area contributed by atoms with Crippen LogP contribution >= 0.6 is 0 Å². The van der Waals surface area contributed by atoms with Crippen LogP contribution in [0, 0.1) is 5.41 Å². The van der Waals surface area contributed by atoms with Gasteiger partial charge in [-0.05, 0) is 37.7 Å². The maximum absolute atomic E-state index is 10.9. The zero-order valence-electron chi connectivity index (χ0n) is 7.58. The van der Waals surface area contributed by atoms with Crippen molar-refractivity contribution in [3.8, 4) is 0 Å². The molecular weight excluding hydrogens is 168 g/mol. The molecule has 1 N–H and O–H groups in total. The average molecular weight is 182 g/mol. The smallest absolute Gasteiger partial charge is 0.309 e. The van der Waals surface area contributed by atoms with Crippen molar-refractivity contribution in [2.45, 2.75) is 32.1 Å². The third-order valence-corrected chi connectivity index (χ3v) is 2.88. The molecule has 13 heavy (non-hydrogen) atoms. The summed E-state index contributed by atoms with van der Waals surface area (Å²) in [5, 5.41) is 8.97. The van der Waals surface area contributed by atoms with Crippen molar-refractivity contribution >= 4 is 5.97 Å². The molecule has 0 aromatic rings. The maximum Gasteiger partial charge on any atom is 0.309 e. The molecule has 0 aromatic heterocycles. The number of aliphatic carboxylic acids is 1. The Hall–Kier alpha value is -0.990. The summed E-state index contributed by atoms with van der Waals surface area (Å²) < 4.78 is 5.18. The summed E-state index contributed by atoms with van der Waals surface area (Å²) in [5.74, 6) is -0.640. The van der Waals surface area contributed by atoms with E-state index in [1.165, 1.54) is 5.57 Å². The summed E-state index contributed by atoms with van der Waals surface area (Å²) in [7, 11) is 0. The Bertz CT molecular complexity index is 251. The molecule has 1 aliphatic carbocycles.